The second kappa shape index (κ2) is 42.9. The minimum absolute atomic E-state index is 0.0357. The Hall–Kier alpha value is -3.79. The molecule has 0 heterocycles. The van der Waals surface area contributed by atoms with Gasteiger partial charge in [-0.05, 0) is 37.5 Å². The second-order valence-corrected chi connectivity index (χ2v) is 19.9. The predicted octanol–water partition coefficient (Wildman–Crippen LogP) is 6.97. The van der Waals surface area contributed by atoms with E-state index in [0.717, 1.165) is 96.3 Å². The van der Waals surface area contributed by atoms with Crippen LogP contribution in [-0.2, 0) is 33.6 Å². The molecule has 0 aliphatic heterocycles. The highest BCUT2D eigenvalue weighted by Crippen LogP contribution is 2.18. The van der Waals surface area contributed by atoms with E-state index in [1.54, 1.807) is 9.80 Å². The summed E-state index contributed by atoms with van der Waals surface area (Å²) in [6.07, 6.45) is 24.3. The molecule has 2 atom stereocenters. The van der Waals surface area contributed by atoms with Gasteiger partial charge in [-0.2, -0.15) is 0 Å². The largest absolute Gasteiger partial charge is 0.368 e. The zero-order chi connectivity index (χ0) is 52.5. The van der Waals surface area contributed by atoms with E-state index in [1.165, 1.54) is 78.6 Å². The Morgan fingerprint density at radius 3 is 1.16 bits per heavy atom. The molecule has 0 aliphatic rings. The van der Waals surface area contributed by atoms with Crippen molar-refractivity contribution in [2.45, 2.75) is 196 Å². The summed E-state index contributed by atoms with van der Waals surface area (Å²) in [6, 6.07) is 0. The molecule has 7 amide bonds. The Balaban J connectivity index is 6.73. The lowest BCUT2D eigenvalue weighted by Gasteiger charge is -2.33. The van der Waals surface area contributed by atoms with Crippen LogP contribution < -0.4 is 16.8 Å². The average molecular weight is 992 g/mol. The molecule has 2 unspecified atom stereocenters. The Labute approximate surface area is 426 Å². The molecule has 0 aromatic carbocycles. The fraction of sp³-hybridized carbons (Fsp3) is 0.870. The summed E-state index contributed by atoms with van der Waals surface area (Å²) in [5.74, 6) is -2.44. The van der Waals surface area contributed by atoms with Crippen molar-refractivity contribution in [3.63, 3.8) is 0 Å². The van der Waals surface area contributed by atoms with Crippen molar-refractivity contribution in [3.05, 3.63) is 0 Å². The van der Waals surface area contributed by atoms with E-state index in [0.29, 0.717) is 52.1 Å². The Morgan fingerprint density at radius 2 is 0.757 bits per heavy atom. The Bertz CT molecular complexity index is 1440. The van der Waals surface area contributed by atoms with Crippen LogP contribution in [0.5, 0.6) is 0 Å². The summed E-state index contributed by atoms with van der Waals surface area (Å²) >= 11 is 0. The SMILES string of the molecule is CCCCCCCCCCN(CC(=O)N(CC(=O)N(CCCCCCCCCC)CC(=O)N(CC(N)=O)CC(CC)CCCC)CC(CC)CCCC)C(=O)CN(C)C(=O)CN(C)C(=O)CNCCN. The van der Waals surface area contributed by atoms with E-state index in [1.807, 2.05) is 0 Å². The molecule has 5 N–H and O–H groups in total. The van der Waals surface area contributed by atoms with Gasteiger partial charge in [0.05, 0.1) is 45.8 Å². The van der Waals surface area contributed by atoms with Crippen LogP contribution in [0.4, 0.5) is 0 Å². The van der Waals surface area contributed by atoms with Crippen molar-refractivity contribution in [1.82, 2.24) is 34.7 Å². The molecule has 0 aromatic rings. The molecule has 0 bridgehead atoms. The zero-order valence-electron chi connectivity index (χ0n) is 46.0. The number of nitrogens with zero attached hydrogens (tertiary/aromatic N) is 6. The average Bonchev–Trinajstić information content (AvgIpc) is 3.33. The third-order valence-electron chi connectivity index (χ3n) is 13.5. The van der Waals surface area contributed by atoms with Gasteiger partial charge >= 0.3 is 0 Å². The summed E-state index contributed by atoms with van der Waals surface area (Å²) in [7, 11) is 3.06. The van der Waals surface area contributed by atoms with Crippen LogP contribution in [0.25, 0.3) is 0 Å². The van der Waals surface area contributed by atoms with Gasteiger partial charge in [0.15, 0.2) is 0 Å². The maximum atomic E-state index is 14.7. The van der Waals surface area contributed by atoms with Gasteiger partial charge in [0, 0.05) is 53.4 Å². The molecule has 70 heavy (non-hydrogen) atoms. The number of carbonyl (C=O) groups excluding carboxylic acids is 7. The molecular weight excluding hydrogens is 887 g/mol. The number of likely N-dealkylation sites (N-methyl/N-ethyl adjacent to an activating group) is 2. The van der Waals surface area contributed by atoms with Crippen LogP contribution >= 0.6 is 0 Å². The maximum absolute atomic E-state index is 14.7. The number of amides is 7. The molecule has 0 saturated carbocycles. The monoisotopic (exact) mass is 992 g/mol. The smallest absolute Gasteiger partial charge is 0.242 e. The number of nitrogens with one attached hydrogen (secondary N) is 1. The first kappa shape index (κ1) is 66.2. The minimum Gasteiger partial charge on any atom is -0.368 e. The first-order valence-corrected chi connectivity index (χ1v) is 27.9. The molecule has 408 valence electrons. The number of hydrogen-bond donors (Lipinski definition) is 3. The van der Waals surface area contributed by atoms with Crippen molar-refractivity contribution in [3.8, 4) is 0 Å². The topological polar surface area (TPSA) is 203 Å². The predicted molar refractivity (Wildman–Crippen MR) is 285 cm³/mol. The summed E-state index contributed by atoms with van der Waals surface area (Å²) in [5, 5.41) is 2.94. The van der Waals surface area contributed by atoms with Crippen LogP contribution in [0.1, 0.15) is 196 Å². The first-order valence-electron chi connectivity index (χ1n) is 27.9. The summed E-state index contributed by atoms with van der Waals surface area (Å²) in [6.45, 7) is 13.6. The van der Waals surface area contributed by atoms with E-state index in [-0.39, 0.29) is 81.3 Å². The molecule has 0 rings (SSSR count). The normalized spacial score (nSPS) is 12.0. The van der Waals surface area contributed by atoms with Crippen LogP contribution in [0, 0.1) is 11.8 Å². The highest BCUT2D eigenvalue weighted by atomic mass is 16.2. The number of rotatable bonds is 46. The Kier molecular flexibility index (Phi) is 40.5. The summed E-state index contributed by atoms with van der Waals surface area (Å²) in [5.41, 5.74) is 11.2. The standard InChI is InChI=1S/C54H105N9O7/c1-9-15-19-21-23-25-27-29-35-60(51(67)42-59(8)50(66)41-58(7)49(65)37-57-34-33-55)44-54(70)63(39-47(14-6)32-18-12-4)45-52(68)61(36-30-28-26-24-22-20-16-10-2)43-53(69)62(40-48(56)64)38-46(13-5)31-17-11-3/h46-47,57H,9-45,55H2,1-8H3,(H2,56,64). The lowest BCUT2D eigenvalue weighted by molar-refractivity contribution is -0.148. The van der Waals surface area contributed by atoms with Crippen LogP contribution in [-0.4, -0.2) is 170 Å². The molecular formula is C54H105N9O7. The highest BCUT2D eigenvalue weighted by molar-refractivity contribution is 5.92. The lowest BCUT2D eigenvalue weighted by atomic mass is 9.98. The molecule has 0 spiro atoms. The van der Waals surface area contributed by atoms with Gasteiger partial charge in [-0.25, -0.2) is 0 Å². The summed E-state index contributed by atoms with van der Waals surface area (Å²) in [4.78, 5) is 105. The van der Waals surface area contributed by atoms with E-state index >= 15 is 0 Å². The van der Waals surface area contributed by atoms with Gasteiger partial charge in [0.2, 0.25) is 41.4 Å². The van der Waals surface area contributed by atoms with Gasteiger partial charge < -0.3 is 46.2 Å². The highest BCUT2D eigenvalue weighted by Gasteiger charge is 2.30. The van der Waals surface area contributed by atoms with Gasteiger partial charge in [-0.1, -0.05) is 170 Å². The Morgan fingerprint density at radius 1 is 0.414 bits per heavy atom. The third-order valence-corrected chi connectivity index (χ3v) is 13.5. The van der Waals surface area contributed by atoms with Crippen molar-refractivity contribution < 1.29 is 33.6 Å². The molecule has 0 fully saturated rings. The molecule has 0 saturated heterocycles. The lowest BCUT2D eigenvalue weighted by Crippen LogP contribution is -2.52. The molecule has 16 heteroatoms. The van der Waals surface area contributed by atoms with Gasteiger partial charge in [0.1, 0.15) is 0 Å². The van der Waals surface area contributed by atoms with E-state index in [4.69, 9.17) is 11.5 Å². The fourth-order valence-corrected chi connectivity index (χ4v) is 8.64. The van der Waals surface area contributed by atoms with E-state index < -0.39 is 17.7 Å². The van der Waals surface area contributed by atoms with Crippen LogP contribution in [0.2, 0.25) is 0 Å². The van der Waals surface area contributed by atoms with Crippen molar-refractivity contribution in [2.75, 3.05) is 99.2 Å². The van der Waals surface area contributed by atoms with Crippen LogP contribution in [0.3, 0.4) is 0 Å². The minimum atomic E-state index is -0.607. The van der Waals surface area contributed by atoms with E-state index in [2.05, 4.69) is 46.9 Å². The fourth-order valence-electron chi connectivity index (χ4n) is 8.64. The number of nitrogens with two attached hydrogens (primary N) is 2. The zero-order valence-corrected chi connectivity index (χ0v) is 46.0. The first-order chi connectivity index (χ1) is 33.6. The molecule has 16 nitrogen and oxygen atoms in total. The summed E-state index contributed by atoms with van der Waals surface area (Å²) < 4.78 is 0. The van der Waals surface area contributed by atoms with Crippen molar-refractivity contribution in [2.24, 2.45) is 23.3 Å². The van der Waals surface area contributed by atoms with Gasteiger partial charge in [-0.15, -0.1) is 0 Å². The second-order valence-electron chi connectivity index (χ2n) is 19.9. The number of unbranched alkanes of at least 4 members (excludes halogenated alkanes) is 16. The number of primary amides is 1. The molecule has 0 aliphatic carbocycles. The number of carbonyl (C=O) groups is 7. The number of hydrogen-bond acceptors (Lipinski definition) is 9. The maximum Gasteiger partial charge on any atom is 0.242 e. The molecule has 0 aromatic heterocycles. The quantitative estimate of drug-likeness (QED) is 0.0539. The van der Waals surface area contributed by atoms with Crippen molar-refractivity contribution >= 4 is 41.4 Å². The van der Waals surface area contributed by atoms with E-state index in [9.17, 15) is 33.6 Å². The molecule has 0 radical (unpaired) electrons. The van der Waals surface area contributed by atoms with Gasteiger partial charge in [0.25, 0.3) is 0 Å². The van der Waals surface area contributed by atoms with Crippen LogP contribution in [0.15, 0.2) is 0 Å². The van der Waals surface area contributed by atoms with Gasteiger partial charge in [-0.3, -0.25) is 33.6 Å². The third kappa shape index (κ3) is 32.2. The van der Waals surface area contributed by atoms with Crippen molar-refractivity contribution in [1.29, 1.82) is 0 Å².